The molecule has 5 nitrogen and oxygen atoms in total. The van der Waals surface area contributed by atoms with Gasteiger partial charge in [-0.3, -0.25) is 9.59 Å². The maximum atomic E-state index is 13.1. The van der Waals surface area contributed by atoms with Crippen LogP contribution in [0.2, 0.25) is 5.02 Å². The van der Waals surface area contributed by atoms with Crippen LogP contribution in [0.25, 0.3) is 0 Å². The van der Waals surface area contributed by atoms with E-state index in [0.29, 0.717) is 21.7 Å². The van der Waals surface area contributed by atoms with Crippen molar-refractivity contribution in [3.63, 3.8) is 0 Å². The highest BCUT2D eigenvalue weighted by atomic mass is 35.5. The lowest BCUT2D eigenvalue weighted by atomic mass is 9.96. The molecule has 0 heterocycles. The number of hydrogen-bond donors (Lipinski definition) is 3. The lowest BCUT2D eigenvalue weighted by Crippen LogP contribution is -2.26. The van der Waals surface area contributed by atoms with Crippen LogP contribution in [0, 0.1) is 6.92 Å². The summed E-state index contributed by atoms with van der Waals surface area (Å²) >= 11 is 6.40. The van der Waals surface area contributed by atoms with Gasteiger partial charge in [0.15, 0.2) is 5.78 Å². The van der Waals surface area contributed by atoms with E-state index in [-0.39, 0.29) is 24.8 Å². The quantitative estimate of drug-likeness (QED) is 0.508. The first kappa shape index (κ1) is 20.6. The van der Waals surface area contributed by atoms with Crippen molar-refractivity contribution in [2.24, 2.45) is 0 Å². The molecule has 0 atom stereocenters. The number of amides is 1. The Morgan fingerprint density at radius 3 is 2.38 bits per heavy atom. The number of halogens is 1. The maximum Gasteiger partial charge on any atom is 0.251 e. The second kappa shape index (κ2) is 9.37. The van der Waals surface area contributed by atoms with Crippen molar-refractivity contribution in [2.45, 2.75) is 6.92 Å². The van der Waals surface area contributed by atoms with Crippen molar-refractivity contribution in [2.75, 3.05) is 18.5 Å². The van der Waals surface area contributed by atoms with E-state index in [1.807, 2.05) is 37.3 Å². The van der Waals surface area contributed by atoms with Crippen molar-refractivity contribution in [1.29, 1.82) is 0 Å². The van der Waals surface area contributed by atoms with E-state index >= 15 is 0 Å². The zero-order valence-electron chi connectivity index (χ0n) is 15.9. The summed E-state index contributed by atoms with van der Waals surface area (Å²) in [5.74, 6) is -0.600. The van der Waals surface area contributed by atoms with Crippen LogP contribution < -0.4 is 10.6 Å². The summed E-state index contributed by atoms with van der Waals surface area (Å²) in [5.41, 5.74) is 3.56. The van der Waals surface area contributed by atoms with Gasteiger partial charge in [0.25, 0.3) is 5.91 Å². The molecule has 0 aliphatic carbocycles. The van der Waals surface area contributed by atoms with Crippen LogP contribution in [0.3, 0.4) is 0 Å². The van der Waals surface area contributed by atoms with E-state index in [4.69, 9.17) is 16.7 Å². The first-order valence-corrected chi connectivity index (χ1v) is 9.53. The second-order valence-electron chi connectivity index (χ2n) is 6.52. The molecule has 3 aromatic carbocycles. The first-order chi connectivity index (χ1) is 14.0. The second-order valence-corrected chi connectivity index (χ2v) is 6.93. The fraction of sp³-hybridized carbons (Fsp3) is 0.130. The Kier molecular flexibility index (Phi) is 6.65. The van der Waals surface area contributed by atoms with Gasteiger partial charge in [-0.05, 0) is 55.0 Å². The molecule has 0 unspecified atom stereocenters. The fourth-order valence-corrected chi connectivity index (χ4v) is 3.16. The third-order valence-electron chi connectivity index (χ3n) is 4.42. The molecule has 0 saturated carbocycles. The highest BCUT2D eigenvalue weighted by Gasteiger charge is 2.17. The van der Waals surface area contributed by atoms with E-state index in [2.05, 4.69) is 10.6 Å². The largest absolute Gasteiger partial charge is 0.395 e. The number of carbonyl (C=O) groups excluding carboxylic acids is 2. The number of aryl methyl sites for hydroxylation is 1. The molecule has 6 heteroatoms. The van der Waals surface area contributed by atoms with Gasteiger partial charge in [0, 0.05) is 34.6 Å². The SMILES string of the molecule is Cc1ccc(C(=O)NCCO)cc1C(=O)c1ccc(Nc2ccccc2)cc1Cl. The number of nitrogens with one attached hydrogen (secondary N) is 2. The number of hydrogen-bond acceptors (Lipinski definition) is 4. The minimum absolute atomic E-state index is 0.150. The molecule has 0 saturated heterocycles. The average Bonchev–Trinajstić information content (AvgIpc) is 2.73. The van der Waals surface area contributed by atoms with E-state index in [0.717, 1.165) is 16.9 Å². The third kappa shape index (κ3) is 5.02. The standard InChI is InChI=1S/C23H21ClN2O3/c1-15-7-8-16(23(29)25-11-12-27)13-20(15)22(28)19-10-9-18(14-21(19)24)26-17-5-3-2-4-6-17/h2-10,13-14,26-27H,11-12H2,1H3,(H,25,29). The van der Waals surface area contributed by atoms with Crippen LogP contribution in [-0.4, -0.2) is 29.9 Å². The van der Waals surface area contributed by atoms with Crippen molar-refractivity contribution in [3.8, 4) is 0 Å². The number of ketones is 1. The highest BCUT2D eigenvalue weighted by molar-refractivity contribution is 6.35. The Bertz CT molecular complexity index is 1040. The molecule has 0 bridgehead atoms. The summed E-state index contributed by atoms with van der Waals surface area (Å²) < 4.78 is 0. The molecule has 1 amide bonds. The molecule has 29 heavy (non-hydrogen) atoms. The Hall–Kier alpha value is -3.15. The summed E-state index contributed by atoms with van der Waals surface area (Å²) in [6.45, 7) is 1.81. The Morgan fingerprint density at radius 2 is 1.69 bits per heavy atom. The van der Waals surface area contributed by atoms with Crippen LogP contribution in [0.1, 0.15) is 31.8 Å². The molecular weight excluding hydrogens is 388 g/mol. The normalized spacial score (nSPS) is 10.4. The number of aliphatic hydroxyl groups excluding tert-OH is 1. The molecule has 3 N–H and O–H groups in total. The minimum atomic E-state index is -0.346. The smallest absolute Gasteiger partial charge is 0.251 e. The fourth-order valence-electron chi connectivity index (χ4n) is 2.89. The van der Waals surface area contributed by atoms with Gasteiger partial charge >= 0.3 is 0 Å². The van der Waals surface area contributed by atoms with Crippen molar-refractivity contribution < 1.29 is 14.7 Å². The first-order valence-electron chi connectivity index (χ1n) is 9.15. The van der Waals surface area contributed by atoms with Crippen molar-refractivity contribution in [3.05, 3.63) is 94.0 Å². The molecule has 0 aliphatic rings. The van der Waals surface area contributed by atoms with Crippen molar-refractivity contribution >= 4 is 34.7 Å². The lowest BCUT2D eigenvalue weighted by molar-refractivity contribution is 0.0944. The minimum Gasteiger partial charge on any atom is -0.395 e. The van der Waals surface area contributed by atoms with E-state index in [1.54, 1.807) is 36.4 Å². The molecular formula is C23H21ClN2O3. The van der Waals surface area contributed by atoms with Crippen LogP contribution >= 0.6 is 11.6 Å². The number of benzene rings is 3. The van der Waals surface area contributed by atoms with Crippen LogP contribution in [-0.2, 0) is 0 Å². The van der Waals surface area contributed by atoms with Gasteiger partial charge < -0.3 is 15.7 Å². The zero-order chi connectivity index (χ0) is 20.8. The average molecular weight is 409 g/mol. The summed E-state index contributed by atoms with van der Waals surface area (Å²) in [4.78, 5) is 25.2. The topological polar surface area (TPSA) is 78.4 Å². The molecule has 0 radical (unpaired) electrons. The molecule has 0 fully saturated rings. The zero-order valence-corrected chi connectivity index (χ0v) is 16.7. The van der Waals surface area contributed by atoms with Gasteiger partial charge in [-0.1, -0.05) is 35.9 Å². The summed E-state index contributed by atoms with van der Waals surface area (Å²) in [6, 6.07) is 19.7. The van der Waals surface area contributed by atoms with E-state index in [9.17, 15) is 9.59 Å². The predicted octanol–water partition coefficient (Wildman–Crippen LogP) is 4.35. The molecule has 0 aromatic heterocycles. The van der Waals surface area contributed by atoms with Crippen molar-refractivity contribution in [1.82, 2.24) is 5.32 Å². The summed E-state index contributed by atoms with van der Waals surface area (Å²) in [7, 11) is 0. The highest BCUT2D eigenvalue weighted by Crippen LogP contribution is 2.27. The number of anilines is 2. The maximum absolute atomic E-state index is 13.1. The number of aliphatic hydroxyl groups is 1. The van der Waals surface area contributed by atoms with Crippen LogP contribution in [0.4, 0.5) is 11.4 Å². The molecule has 0 aliphatic heterocycles. The van der Waals surface area contributed by atoms with Gasteiger partial charge in [-0.2, -0.15) is 0 Å². The number of para-hydroxylation sites is 1. The summed E-state index contributed by atoms with van der Waals surface area (Å²) in [6.07, 6.45) is 0. The molecule has 3 rings (SSSR count). The molecule has 3 aromatic rings. The Morgan fingerprint density at radius 1 is 0.931 bits per heavy atom. The number of carbonyl (C=O) groups is 2. The van der Waals surface area contributed by atoms with E-state index in [1.165, 1.54) is 0 Å². The Labute approximate surface area is 174 Å². The number of rotatable bonds is 7. The van der Waals surface area contributed by atoms with Gasteiger partial charge in [-0.15, -0.1) is 0 Å². The van der Waals surface area contributed by atoms with Gasteiger partial charge in [0.05, 0.1) is 11.6 Å². The van der Waals surface area contributed by atoms with Gasteiger partial charge in [-0.25, -0.2) is 0 Å². The Balaban J connectivity index is 1.85. The summed E-state index contributed by atoms with van der Waals surface area (Å²) in [5, 5.41) is 15.0. The van der Waals surface area contributed by atoms with Crippen LogP contribution in [0.15, 0.2) is 66.7 Å². The van der Waals surface area contributed by atoms with Gasteiger partial charge in [0.2, 0.25) is 0 Å². The van der Waals surface area contributed by atoms with Gasteiger partial charge in [0.1, 0.15) is 0 Å². The van der Waals surface area contributed by atoms with E-state index < -0.39 is 0 Å². The lowest BCUT2D eigenvalue weighted by Gasteiger charge is -2.12. The van der Waals surface area contributed by atoms with Crippen LogP contribution in [0.5, 0.6) is 0 Å². The molecule has 0 spiro atoms. The predicted molar refractivity (Wildman–Crippen MR) is 115 cm³/mol. The monoisotopic (exact) mass is 408 g/mol. The third-order valence-corrected chi connectivity index (χ3v) is 4.73. The molecule has 148 valence electrons.